The Bertz CT molecular complexity index is 313. The minimum Gasteiger partial charge on any atom is -0.481 e. The van der Waals surface area contributed by atoms with Gasteiger partial charge in [0.25, 0.3) is 0 Å². The Morgan fingerprint density at radius 3 is 2.35 bits per heavy atom. The van der Waals surface area contributed by atoms with Crippen LogP contribution in [0.4, 0.5) is 4.79 Å². The third-order valence-corrected chi connectivity index (χ3v) is 2.93. The van der Waals surface area contributed by atoms with Gasteiger partial charge in [-0.3, -0.25) is 4.79 Å². The molecule has 0 aromatic heterocycles. The van der Waals surface area contributed by atoms with Crippen LogP contribution in [0.5, 0.6) is 0 Å². The summed E-state index contributed by atoms with van der Waals surface area (Å²) >= 11 is 0. The molecule has 6 heteroatoms. The minimum absolute atomic E-state index is 0.0319. The van der Waals surface area contributed by atoms with Gasteiger partial charge in [-0.05, 0) is 25.4 Å². The zero-order chi connectivity index (χ0) is 15.8. The molecule has 118 valence electrons. The van der Waals surface area contributed by atoms with Gasteiger partial charge in [-0.25, -0.2) is 4.79 Å². The first kappa shape index (κ1) is 18.7. The maximum atomic E-state index is 11.8. The molecule has 0 heterocycles. The van der Waals surface area contributed by atoms with Crippen LogP contribution in [0.15, 0.2) is 0 Å². The fourth-order valence-corrected chi connectivity index (χ4v) is 1.88. The van der Waals surface area contributed by atoms with E-state index in [4.69, 9.17) is 5.11 Å². The first-order chi connectivity index (χ1) is 9.14. The SMILES string of the molecule is CCN(C)CCNC(=O)NC(CC(=O)O)CC(C)(C)C. The van der Waals surface area contributed by atoms with E-state index in [1.54, 1.807) is 0 Å². The molecule has 0 spiro atoms. The molecule has 0 saturated heterocycles. The predicted octanol–water partition coefficient (Wildman–Crippen LogP) is 1.52. The van der Waals surface area contributed by atoms with Crippen molar-refractivity contribution in [3.63, 3.8) is 0 Å². The summed E-state index contributed by atoms with van der Waals surface area (Å²) in [6, 6.07) is -0.651. The number of hydrogen-bond donors (Lipinski definition) is 3. The molecular formula is C14H29N3O3. The monoisotopic (exact) mass is 287 g/mol. The molecule has 2 amide bonds. The van der Waals surface area contributed by atoms with E-state index < -0.39 is 5.97 Å². The van der Waals surface area contributed by atoms with Crippen molar-refractivity contribution in [1.82, 2.24) is 15.5 Å². The number of nitrogens with one attached hydrogen (secondary N) is 2. The van der Waals surface area contributed by atoms with Gasteiger partial charge in [0.05, 0.1) is 6.42 Å². The van der Waals surface area contributed by atoms with Gasteiger partial charge in [-0.1, -0.05) is 27.7 Å². The molecule has 0 aromatic rings. The van der Waals surface area contributed by atoms with Crippen molar-refractivity contribution in [2.75, 3.05) is 26.7 Å². The van der Waals surface area contributed by atoms with E-state index in [9.17, 15) is 9.59 Å². The van der Waals surface area contributed by atoms with Crippen molar-refractivity contribution in [3.05, 3.63) is 0 Å². The first-order valence-electron chi connectivity index (χ1n) is 7.08. The largest absolute Gasteiger partial charge is 0.481 e. The molecule has 0 bridgehead atoms. The number of rotatable bonds is 8. The number of likely N-dealkylation sites (N-methyl/N-ethyl adjacent to an activating group) is 1. The standard InChI is InChI=1S/C14H29N3O3/c1-6-17(5)8-7-15-13(20)16-11(9-12(18)19)10-14(2,3)4/h11H,6-10H2,1-5H3,(H,18,19)(H2,15,16,20). The Labute approximate surface area is 121 Å². The summed E-state index contributed by atoms with van der Waals surface area (Å²) in [6.07, 6.45) is 0.571. The van der Waals surface area contributed by atoms with E-state index in [1.165, 1.54) is 0 Å². The second-order valence-corrected chi connectivity index (χ2v) is 6.36. The minimum atomic E-state index is -0.898. The van der Waals surface area contributed by atoms with Gasteiger partial charge in [0.2, 0.25) is 0 Å². The van der Waals surface area contributed by atoms with Crippen LogP contribution in [-0.4, -0.2) is 54.7 Å². The highest BCUT2D eigenvalue weighted by Gasteiger charge is 2.22. The highest BCUT2D eigenvalue weighted by atomic mass is 16.4. The van der Waals surface area contributed by atoms with E-state index in [2.05, 4.69) is 15.5 Å². The first-order valence-corrected chi connectivity index (χ1v) is 7.08. The van der Waals surface area contributed by atoms with Crippen molar-refractivity contribution in [3.8, 4) is 0 Å². The fraction of sp³-hybridized carbons (Fsp3) is 0.857. The van der Waals surface area contributed by atoms with E-state index in [0.717, 1.165) is 13.1 Å². The highest BCUT2D eigenvalue weighted by Crippen LogP contribution is 2.22. The number of aliphatic carboxylic acids is 1. The van der Waals surface area contributed by atoms with Gasteiger partial charge in [-0.2, -0.15) is 0 Å². The van der Waals surface area contributed by atoms with Gasteiger partial charge < -0.3 is 20.6 Å². The molecule has 0 aliphatic carbocycles. The van der Waals surface area contributed by atoms with Crippen LogP contribution in [-0.2, 0) is 4.79 Å². The maximum Gasteiger partial charge on any atom is 0.315 e. The Balaban J connectivity index is 4.21. The molecule has 0 aliphatic rings. The van der Waals surface area contributed by atoms with E-state index in [1.807, 2.05) is 34.7 Å². The maximum absolute atomic E-state index is 11.8. The van der Waals surface area contributed by atoms with Crippen molar-refractivity contribution < 1.29 is 14.7 Å². The van der Waals surface area contributed by atoms with Gasteiger partial charge >= 0.3 is 12.0 Å². The number of nitrogens with zero attached hydrogens (tertiary/aromatic N) is 1. The number of carboxylic acids is 1. The average molecular weight is 287 g/mol. The summed E-state index contributed by atoms with van der Waals surface area (Å²) < 4.78 is 0. The van der Waals surface area contributed by atoms with Crippen molar-refractivity contribution >= 4 is 12.0 Å². The molecule has 20 heavy (non-hydrogen) atoms. The van der Waals surface area contributed by atoms with Crippen LogP contribution >= 0.6 is 0 Å². The summed E-state index contributed by atoms with van der Waals surface area (Å²) in [4.78, 5) is 24.7. The molecule has 1 unspecified atom stereocenters. The van der Waals surface area contributed by atoms with E-state index >= 15 is 0 Å². The van der Waals surface area contributed by atoms with Crippen molar-refractivity contribution in [1.29, 1.82) is 0 Å². The van der Waals surface area contributed by atoms with Gasteiger partial charge in [-0.15, -0.1) is 0 Å². The second-order valence-electron chi connectivity index (χ2n) is 6.36. The number of carboxylic acid groups (broad SMARTS) is 1. The van der Waals surface area contributed by atoms with Crippen LogP contribution in [0.1, 0.15) is 40.5 Å². The lowest BCUT2D eigenvalue weighted by atomic mass is 9.87. The lowest BCUT2D eigenvalue weighted by Gasteiger charge is -2.26. The molecule has 0 aromatic carbocycles. The lowest BCUT2D eigenvalue weighted by molar-refractivity contribution is -0.137. The normalized spacial score (nSPS) is 13.1. The summed E-state index contributed by atoms with van der Waals surface area (Å²) in [5, 5.41) is 14.4. The van der Waals surface area contributed by atoms with Crippen LogP contribution < -0.4 is 10.6 Å². The van der Waals surface area contributed by atoms with Gasteiger partial charge in [0.15, 0.2) is 0 Å². The quantitative estimate of drug-likeness (QED) is 0.632. The third-order valence-electron chi connectivity index (χ3n) is 2.93. The van der Waals surface area contributed by atoms with Gasteiger partial charge in [0, 0.05) is 19.1 Å². The molecule has 0 rings (SSSR count). The number of carbonyl (C=O) groups is 2. The van der Waals surface area contributed by atoms with Crippen molar-refractivity contribution in [2.45, 2.75) is 46.6 Å². The zero-order valence-electron chi connectivity index (χ0n) is 13.3. The number of urea groups is 1. The number of amides is 2. The lowest BCUT2D eigenvalue weighted by Crippen LogP contribution is -2.46. The van der Waals surface area contributed by atoms with Crippen LogP contribution in [0.2, 0.25) is 0 Å². The Morgan fingerprint density at radius 1 is 1.30 bits per heavy atom. The van der Waals surface area contributed by atoms with Crippen LogP contribution in [0.3, 0.4) is 0 Å². The summed E-state index contributed by atoms with van der Waals surface area (Å²) in [5.74, 6) is -0.898. The fourth-order valence-electron chi connectivity index (χ4n) is 1.88. The molecule has 6 nitrogen and oxygen atoms in total. The predicted molar refractivity (Wildman–Crippen MR) is 79.8 cm³/mol. The van der Waals surface area contributed by atoms with Crippen LogP contribution in [0, 0.1) is 5.41 Å². The second kappa shape index (κ2) is 8.79. The number of carbonyl (C=O) groups excluding carboxylic acids is 1. The molecule has 0 fully saturated rings. The van der Waals surface area contributed by atoms with Crippen LogP contribution in [0.25, 0.3) is 0 Å². The topological polar surface area (TPSA) is 81.7 Å². The Morgan fingerprint density at radius 2 is 1.90 bits per heavy atom. The zero-order valence-corrected chi connectivity index (χ0v) is 13.3. The Kier molecular flexibility index (Phi) is 8.22. The number of hydrogen-bond acceptors (Lipinski definition) is 3. The molecular weight excluding hydrogens is 258 g/mol. The summed E-state index contributed by atoms with van der Waals surface area (Å²) in [5.41, 5.74) is -0.0319. The summed E-state index contributed by atoms with van der Waals surface area (Å²) in [7, 11) is 1.98. The smallest absolute Gasteiger partial charge is 0.315 e. The van der Waals surface area contributed by atoms with E-state index in [0.29, 0.717) is 13.0 Å². The van der Waals surface area contributed by atoms with Crippen molar-refractivity contribution in [2.24, 2.45) is 5.41 Å². The molecule has 0 aliphatic heterocycles. The van der Waals surface area contributed by atoms with E-state index in [-0.39, 0.29) is 23.9 Å². The Hall–Kier alpha value is -1.30. The average Bonchev–Trinajstić information content (AvgIpc) is 2.25. The molecule has 3 N–H and O–H groups in total. The molecule has 0 radical (unpaired) electrons. The third kappa shape index (κ3) is 10.6. The van der Waals surface area contributed by atoms with Gasteiger partial charge in [0.1, 0.15) is 0 Å². The molecule has 0 saturated carbocycles. The molecule has 1 atom stereocenters. The highest BCUT2D eigenvalue weighted by molar-refractivity contribution is 5.75. The summed E-state index contributed by atoms with van der Waals surface area (Å²) in [6.45, 7) is 10.4.